The molecule has 6 nitrogen and oxygen atoms in total. The van der Waals surface area contributed by atoms with Crippen LogP contribution in [-0.2, 0) is 16.1 Å². The molecule has 0 aliphatic carbocycles. The Morgan fingerprint density at radius 3 is 2.50 bits per heavy atom. The number of rotatable bonds is 6. The van der Waals surface area contributed by atoms with Gasteiger partial charge in [-0.25, -0.2) is 4.98 Å². The van der Waals surface area contributed by atoms with E-state index in [1.165, 1.54) is 11.8 Å². The fraction of sp³-hybridized carbons (Fsp3) is 0.400. The van der Waals surface area contributed by atoms with Crippen LogP contribution in [-0.4, -0.2) is 44.1 Å². The lowest BCUT2D eigenvalue weighted by atomic mass is 9.97. The first-order chi connectivity index (χ1) is 15.4. The molecule has 1 saturated heterocycles. The first-order valence-electron chi connectivity index (χ1n) is 11.2. The van der Waals surface area contributed by atoms with E-state index >= 15 is 0 Å². The van der Waals surface area contributed by atoms with Gasteiger partial charge >= 0.3 is 0 Å². The molecule has 0 spiro atoms. The summed E-state index contributed by atoms with van der Waals surface area (Å²) in [7, 11) is 0. The number of nitrogens with zero attached hydrogens (tertiary/aromatic N) is 3. The molecule has 0 unspecified atom stereocenters. The number of imidazole rings is 1. The van der Waals surface area contributed by atoms with Gasteiger partial charge in [-0.3, -0.25) is 9.59 Å². The fourth-order valence-corrected chi connectivity index (χ4v) is 5.29. The summed E-state index contributed by atoms with van der Waals surface area (Å²) in [6.07, 6.45) is 3.25. The van der Waals surface area contributed by atoms with Gasteiger partial charge in [0.15, 0.2) is 5.16 Å². The van der Waals surface area contributed by atoms with Crippen molar-refractivity contribution < 1.29 is 9.59 Å². The van der Waals surface area contributed by atoms with Crippen LogP contribution in [0.1, 0.15) is 38.7 Å². The zero-order valence-electron chi connectivity index (χ0n) is 18.9. The van der Waals surface area contributed by atoms with Gasteiger partial charge in [-0.05, 0) is 63.8 Å². The number of benzene rings is 2. The van der Waals surface area contributed by atoms with Crippen LogP contribution in [0.15, 0.2) is 53.7 Å². The highest BCUT2D eigenvalue weighted by Gasteiger charge is 2.29. The Morgan fingerprint density at radius 2 is 1.75 bits per heavy atom. The highest BCUT2D eigenvalue weighted by atomic mass is 32.2. The van der Waals surface area contributed by atoms with Gasteiger partial charge in [-0.2, -0.15) is 0 Å². The lowest BCUT2D eigenvalue weighted by Crippen LogP contribution is -2.48. The number of hydrogen-bond donors (Lipinski definition) is 1. The molecular weight excluding hydrogens is 420 g/mol. The molecule has 2 atom stereocenters. The van der Waals surface area contributed by atoms with Gasteiger partial charge < -0.3 is 14.8 Å². The number of thioether (sulfide) groups is 1. The smallest absolute Gasteiger partial charge is 0.243 e. The maximum Gasteiger partial charge on any atom is 0.243 e. The Hall–Kier alpha value is -2.80. The number of likely N-dealkylation sites (tertiary alicyclic amines) is 1. The van der Waals surface area contributed by atoms with Crippen LogP contribution in [0.4, 0.5) is 5.69 Å². The van der Waals surface area contributed by atoms with Crippen LogP contribution in [0, 0.1) is 6.92 Å². The Kier molecular flexibility index (Phi) is 6.84. The minimum absolute atomic E-state index is 0.0903. The second-order valence-corrected chi connectivity index (χ2v) is 9.49. The van der Waals surface area contributed by atoms with Crippen molar-refractivity contribution in [3.63, 3.8) is 0 Å². The summed E-state index contributed by atoms with van der Waals surface area (Å²) >= 11 is 1.37. The third-order valence-electron chi connectivity index (χ3n) is 6.15. The summed E-state index contributed by atoms with van der Waals surface area (Å²) in [4.78, 5) is 32.6. The van der Waals surface area contributed by atoms with E-state index < -0.39 is 0 Å². The topological polar surface area (TPSA) is 67.2 Å². The van der Waals surface area contributed by atoms with Crippen molar-refractivity contribution in [1.29, 1.82) is 0 Å². The van der Waals surface area contributed by atoms with E-state index in [0.717, 1.165) is 41.5 Å². The van der Waals surface area contributed by atoms with E-state index in [-0.39, 0.29) is 36.2 Å². The monoisotopic (exact) mass is 450 g/mol. The van der Waals surface area contributed by atoms with Crippen molar-refractivity contribution in [2.75, 3.05) is 11.1 Å². The average molecular weight is 451 g/mol. The third kappa shape index (κ3) is 4.83. The van der Waals surface area contributed by atoms with Gasteiger partial charge in [-0.15, -0.1) is 0 Å². The first-order valence-corrected chi connectivity index (χ1v) is 12.2. The Balaban J connectivity index is 1.52. The number of aromatic nitrogens is 2. The quantitative estimate of drug-likeness (QED) is 0.545. The van der Waals surface area contributed by atoms with Crippen molar-refractivity contribution in [3.8, 4) is 0 Å². The van der Waals surface area contributed by atoms with Gasteiger partial charge in [0, 0.05) is 17.8 Å². The number of carbonyl (C=O) groups excluding carboxylic acids is 2. The zero-order valence-corrected chi connectivity index (χ0v) is 19.7. The number of nitrogens with one attached hydrogen (secondary N) is 1. The number of fused-ring (bicyclic) bond motifs is 1. The molecule has 7 heteroatoms. The molecule has 1 aromatic heterocycles. The predicted octanol–water partition coefficient (Wildman–Crippen LogP) is 4.87. The molecule has 168 valence electrons. The largest absolute Gasteiger partial charge is 0.336 e. The Labute approximate surface area is 193 Å². The second kappa shape index (κ2) is 9.77. The van der Waals surface area contributed by atoms with E-state index in [1.807, 2.05) is 64.9 Å². The highest BCUT2D eigenvalue weighted by Crippen LogP contribution is 2.27. The van der Waals surface area contributed by atoms with Gasteiger partial charge in [0.2, 0.25) is 11.8 Å². The van der Waals surface area contributed by atoms with Crippen molar-refractivity contribution in [1.82, 2.24) is 14.5 Å². The number of piperidine rings is 1. The van der Waals surface area contributed by atoms with Crippen molar-refractivity contribution in [2.24, 2.45) is 0 Å². The molecule has 3 aromatic rings. The van der Waals surface area contributed by atoms with Crippen LogP contribution in [0.2, 0.25) is 0 Å². The van der Waals surface area contributed by atoms with Crippen molar-refractivity contribution in [2.45, 2.75) is 63.8 Å². The SMILES string of the molecule is Cc1ccccc1NC(=O)CSc1nc2ccccc2n1CC(=O)N1[C@H](C)CCC[C@H]1C. The molecule has 1 N–H and O–H groups in total. The molecule has 0 bridgehead atoms. The number of amides is 2. The lowest BCUT2D eigenvalue weighted by Gasteiger charge is -2.39. The van der Waals surface area contributed by atoms with Crippen LogP contribution in [0.25, 0.3) is 11.0 Å². The lowest BCUT2D eigenvalue weighted by molar-refractivity contribution is -0.138. The van der Waals surface area contributed by atoms with Crippen molar-refractivity contribution >= 4 is 40.3 Å². The van der Waals surface area contributed by atoms with E-state index in [2.05, 4.69) is 19.2 Å². The molecule has 4 rings (SSSR count). The van der Waals surface area contributed by atoms with Gasteiger partial charge in [0.05, 0.1) is 16.8 Å². The summed E-state index contributed by atoms with van der Waals surface area (Å²) in [6.45, 7) is 6.46. The number of anilines is 1. The summed E-state index contributed by atoms with van der Waals surface area (Å²) in [6, 6.07) is 16.0. The van der Waals surface area contributed by atoms with E-state index in [4.69, 9.17) is 4.98 Å². The summed E-state index contributed by atoms with van der Waals surface area (Å²) in [5.74, 6) is 0.245. The van der Waals surface area contributed by atoms with Crippen LogP contribution in [0.3, 0.4) is 0 Å². The van der Waals surface area contributed by atoms with E-state index in [0.29, 0.717) is 5.16 Å². The van der Waals surface area contributed by atoms with Crippen molar-refractivity contribution in [3.05, 3.63) is 54.1 Å². The summed E-state index contributed by atoms with van der Waals surface area (Å²) < 4.78 is 1.96. The van der Waals surface area contributed by atoms with Crippen LogP contribution in [0.5, 0.6) is 0 Å². The molecule has 1 fully saturated rings. The Morgan fingerprint density at radius 1 is 1.06 bits per heavy atom. The second-order valence-electron chi connectivity index (χ2n) is 8.55. The van der Waals surface area contributed by atoms with E-state index in [1.54, 1.807) is 0 Å². The molecule has 0 saturated carbocycles. The number of carbonyl (C=O) groups is 2. The van der Waals surface area contributed by atoms with Gasteiger partial charge in [0.25, 0.3) is 0 Å². The normalized spacial score (nSPS) is 18.7. The number of hydrogen-bond acceptors (Lipinski definition) is 4. The molecule has 1 aliphatic heterocycles. The summed E-state index contributed by atoms with van der Waals surface area (Å²) in [5, 5.41) is 3.66. The zero-order chi connectivity index (χ0) is 22.7. The molecule has 2 heterocycles. The minimum atomic E-state index is -0.0903. The third-order valence-corrected chi connectivity index (χ3v) is 7.12. The highest BCUT2D eigenvalue weighted by molar-refractivity contribution is 7.99. The Bertz CT molecular complexity index is 1120. The predicted molar refractivity (Wildman–Crippen MR) is 130 cm³/mol. The molecule has 2 amide bonds. The molecule has 0 radical (unpaired) electrons. The molecule has 2 aromatic carbocycles. The van der Waals surface area contributed by atoms with E-state index in [9.17, 15) is 9.59 Å². The maximum atomic E-state index is 13.3. The van der Waals surface area contributed by atoms with Gasteiger partial charge in [0.1, 0.15) is 6.54 Å². The minimum Gasteiger partial charge on any atom is -0.336 e. The van der Waals surface area contributed by atoms with Gasteiger partial charge in [-0.1, -0.05) is 42.1 Å². The molecular formula is C25H30N4O2S. The first kappa shape index (κ1) is 22.4. The molecule has 32 heavy (non-hydrogen) atoms. The number of aryl methyl sites for hydroxylation is 1. The fourth-order valence-electron chi connectivity index (χ4n) is 4.48. The standard InChI is InChI=1S/C25H30N4O2S/c1-17-9-4-5-12-20(17)26-23(30)16-32-25-27-21-13-6-7-14-22(21)28(25)15-24(31)29-18(2)10-8-11-19(29)3/h4-7,9,12-14,18-19H,8,10-11,15-16H2,1-3H3,(H,26,30)/t18-,19-/m1/s1. The number of para-hydroxylation sites is 3. The maximum absolute atomic E-state index is 13.3. The summed E-state index contributed by atoms with van der Waals surface area (Å²) in [5.41, 5.74) is 3.59. The average Bonchev–Trinajstić information content (AvgIpc) is 3.11. The van der Waals surface area contributed by atoms with Crippen LogP contribution >= 0.6 is 11.8 Å². The molecule has 1 aliphatic rings. The van der Waals surface area contributed by atoms with Crippen LogP contribution < -0.4 is 5.32 Å².